The lowest BCUT2D eigenvalue weighted by atomic mass is 9.91. The van der Waals surface area contributed by atoms with Gasteiger partial charge in [0.1, 0.15) is 11.7 Å². The van der Waals surface area contributed by atoms with Gasteiger partial charge in [0.25, 0.3) is 5.91 Å². The largest absolute Gasteiger partial charge is 0.339 e. The van der Waals surface area contributed by atoms with Crippen molar-refractivity contribution in [2.75, 3.05) is 5.32 Å². The number of aromatic nitrogens is 3. The van der Waals surface area contributed by atoms with Crippen molar-refractivity contribution in [2.45, 2.75) is 77.3 Å². The molecule has 7 heteroatoms. The summed E-state index contributed by atoms with van der Waals surface area (Å²) >= 11 is 0. The summed E-state index contributed by atoms with van der Waals surface area (Å²) in [6.07, 6.45) is 12.0. The first-order valence-corrected chi connectivity index (χ1v) is 13.2. The first-order chi connectivity index (χ1) is 17.5. The smallest absolute Gasteiger partial charge is 0.270 e. The Bertz CT molecular complexity index is 1200. The molecule has 2 saturated carbocycles. The third-order valence-corrected chi connectivity index (χ3v) is 7.53. The molecule has 7 nitrogen and oxygen atoms in total. The van der Waals surface area contributed by atoms with Crippen molar-refractivity contribution < 1.29 is 9.59 Å². The average Bonchev–Trinajstić information content (AvgIpc) is 3.65. The molecule has 0 aliphatic heterocycles. The van der Waals surface area contributed by atoms with Crippen LogP contribution in [0.3, 0.4) is 0 Å². The molecule has 0 unspecified atom stereocenters. The molecule has 2 N–H and O–H groups in total. The van der Waals surface area contributed by atoms with Gasteiger partial charge < -0.3 is 10.6 Å². The number of hydrogen-bond donors (Lipinski definition) is 2. The molecule has 2 amide bonds. The Kier molecular flexibility index (Phi) is 7.16. The van der Waals surface area contributed by atoms with Crippen LogP contribution in [0.15, 0.2) is 48.8 Å². The van der Waals surface area contributed by atoms with Crippen LogP contribution in [0.1, 0.15) is 79.2 Å². The predicted octanol–water partition coefficient (Wildman–Crippen LogP) is 5.60. The van der Waals surface area contributed by atoms with Crippen LogP contribution in [0.25, 0.3) is 11.1 Å². The molecule has 3 aromatic rings. The third-order valence-electron chi connectivity index (χ3n) is 7.53. The average molecular weight is 486 g/mol. The van der Waals surface area contributed by atoms with Crippen molar-refractivity contribution in [3.63, 3.8) is 0 Å². The number of hydrogen-bond acceptors (Lipinski definition) is 4. The Morgan fingerprint density at radius 3 is 2.31 bits per heavy atom. The minimum Gasteiger partial charge on any atom is -0.339 e. The lowest BCUT2D eigenvalue weighted by Crippen LogP contribution is -2.49. The van der Waals surface area contributed by atoms with Crippen LogP contribution in [-0.2, 0) is 4.79 Å². The molecule has 0 radical (unpaired) electrons. The number of pyridine rings is 1. The van der Waals surface area contributed by atoms with E-state index in [4.69, 9.17) is 0 Å². The molecule has 2 fully saturated rings. The minimum atomic E-state index is -0.583. The van der Waals surface area contributed by atoms with Crippen LogP contribution in [0.4, 0.5) is 5.69 Å². The van der Waals surface area contributed by atoms with E-state index in [2.05, 4.69) is 27.6 Å². The summed E-state index contributed by atoms with van der Waals surface area (Å²) < 4.78 is 1.80. The summed E-state index contributed by atoms with van der Waals surface area (Å²) in [5.41, 5.74) is 5.59. The highest BCUT2D eigenvalue weighted by Crippen LogP contribution is 2.35. The maximum absolute atomic E-state index is 13.6. The van der Waals surface area contributed by atoms with Crippen LogP contribution >= 0.6 is 0 Å². The van der Waals surface area contributed by atoms with Gasteiger partial charge in [-0.25, -0.2) is 0 Å². The number of amides is 2. The Morgan fingerprint density at radius 2 is 1.64 bits per heavy atom. The molecule has 5 rings (SSSR count). The van der Waals surface area contributed by atoms with Crippen LogP contribution in [0, 0.1) is 19.8 Å². The van der Waals surface area contributed by atoms with E-state index in [1.807, 2.05) is 43.5 Å². The van der Waals surface area contributed by atoms with Crippen molar-refractivity contribution >= 4 is 17.5 Å². The highest BCUT2D eigenvalue weighted by Gasteiger charge is 2.33. The first kappa shape index (κ1) is 24.2. The van der Waals surface area contributed by atoms with Crippen molar-refractivity contribution in [3.05, 3.63) is 65.7 Å². The fraction of sp³-hybridized carbons (Fsp3) is 0.448. The van der Waals surface area contributed by atoms with E-state index in [0.717, 1.165) is 61.0 Å². The number of rotatable bonds is 7. The fourth-order valence-corrected chi connectivity index (χ4v) is 5.43. The second-order valence-corrected chi connectivity index (χ2v) is 10.2. The molecule has 1 aromatic carbocycles. The van der Waals surface area contributed by atoms with Gasteiger partial charge >= 0.3 is 0 Å². The molecule has 2 heterocycles. The zero-order valence-corrected chi connectivity index (χ0v) is 21.2. The molecular weight excluding hydrogens is 450 g/mol. The predicted molar refractivity (Wildman–Crippen MR) is 141 cm³/mol. The molecular formula is C29H35N5O2. The zero-order valence-electron chi connectivity index (χ0n) is 21.2. The normalized spacial score (nSPS) is 17.3. The molecule has 2 aliphatic rings. The van der Waals surface area contributed by atoms with E-state index in [9.17, 15) is 9.59 Å². The topological polar surface area (TPSA) is 88.9 Å². The van der Waals surface area contributed by atoms with E-state index in [1.165, 1.54) is 18.4 Å². The van der Waals surface area contributed by atoms with Gasteiger partial charge in [-0.2, -0.15) is 5.10 Å². The van der Waals surface area contributed by atoms with E-state index in [1.54, 1.807) is 16.9 Å². The highest BCUT2D eigenvalue weighted by atomic mass is 16.2. The summed E-state index contributed by atoms with van der Waals surface area (Å²) in [5, 5.41) is 10.5. The summed E-state index contributed by atoms with van der Waals surface area (Å²) in [7, 11) is 0. The maximum atomic E-state index is 13.6. The number of nitrogens with zero attached hydrogens (tertiary/aromatic N) is 3. The number of nitrogens with one attached hydrogen (secondary N) is 2. The van der Waals surface area contributed by atoms with Gasteiger partial charge in [0.15, 0.2) is 0 Å². The van der Waals surface area contributed by atoms with E-state index in [-0.39, 0.29) is 17.7 Å². The van der Waals surface area contributed by atoms with Gasteiger partial charge in [0, 0.05) is 29.3 Å². The van der Waals surface area contributed by atoms with Crippen molar-refractivity contribution in [3.8, 4) is 11.1 Å². The minimum absolute atomic E-state index is 0.119. The molecule has 2 aromatic heterocycles. The quantitative estimate of drug-likeness (QED) is 0.426. The first-order valence-electron chi connectivity index (χ1n) is 13.2. The van der Waals surface area contributed by atoms with Crippen LogP contribution in [0.5, 0.6) is 0 Å². The lowest BCUT2D eigenvalue weighted by molar-refractivity contribution is -0.119. The van der Waals surface area contributed by atoms with Gasteiger partial charge in [-0.1, -0.05) is 37.8 Å². The van der Waals surface area contributed by atoms with Crippen molar-refractivity contribution in [2.24, 2.45) is 5.92 Å². The standard InChI is InChI=1S/C29H35N5O2/c1-19-15-17-30-20(2)26(19)21-9-11-23(12-10-21)32-29(36)27(22-7-5-3-4-6-8-22)33-28(35)25-16-18-31-34(25)24-13-14-24/h9-12,15-18,22,24,27H,3-8,13-14H2,1-2H3,(H,32,36)(H,33,35)/t27-/m0/s1. The Morgan fingerprint density at radius 1 is 0.917 bits per heavy atom. The Balaban J connectivity index is 1.34. The number of benzene rings is 1. The third kappa shape index (κ3) is 5.35. The van der Waals surface area contributed by atoms with Crippen molar-refractivity contribution in [1.29, 1.82) is 0 Å². The fourth-order valence-electron chi connectivity index (χ4n) is 5.43. The molecule has 0 saturated heterocycles. The number of carbonyl (C=O) groups excluding carboxylic acids is 2. The van der Waals surface area contributed by atoms with Gasteiger partial charge in [-0.15, -0.1) is 0 Å². The second-order valence-electron chi connectivity index (χ2n) is 10.2. The SMILES string of the molecule is Cc1ccnc(C)c1-c1ccc(NC(=O)[C@@H](NC(=O)c2ccnn2C2CC2)C2CCCCCC2)cc1. The van der Waals surface area contributed by atoms with Crippen LogP contribution < -0.4 is 10.6 Å². The number of anilines is 1. The molecule has 188 valence electrons. The second kappa shape index (κ2) is 10.6. The summed E-state index contributed by atoms with van der Waals surface area (Å²) in [6, 6.07) is 11.3. The molecule has 0 bridgehead atoms. The van der Waals surface area contributed by atoms with Crippen LogP contribution in [0.2, 0.25) is 0 Å². The maximum Gasteiger partial charge on any atom is 0.270 e. The van der Waals surface area contributed by atoms with Gasteiger partial charge in [-0.05, 0) is 80.8 Å². The van der Waals surface area contributed by atoms with E-state index in [0.29, 0.717) is 11.7 Å². The monoisotopic (exact) mass is 485 g/mol. The van der Waals surface area contributed by atoms with Crippen molar-refractivity contribution in [1.82, 2.24) is 20.1 Å². The van der Waals surface area contributed by atoms with E-state index < -0.39 is 6.04 Å². The summed E-state index contributed by atoms with van der Waals surface area (Å²) in [6.45, 7) is 4.09. The zero-order chi connectivity index (χ0) is 25.1. The Labute approximate surface area is 212 Å². The molecule has 36 heavy (non-hydrogen) atoms. The lowest BCUT2D eigenvalue weighted by Gasteiger charge is -2.26. The van der Waals surface area contributed by atoms with Crippen LogP contribution in [-0.4, -0.2) is 32.6 Å². The highest BCUT2D eigenvalue weighted by molar-refractivity contribution is 6.00. The van der Waals surface area contributed by atoms with E-state index >= 15 is 0 Å². The van der Waals surface area contributed by atoms with Gasteiger partial charge in [0.05, 0.1) is 6.04 Å². The van der Waals surface area contributed by atoms with Gasteiger partial charge in [0.2, 0.25) is 5.91 Å². The summed E-state index contributed by atoms with van der Waals surface area (Å²) in [5.74, 6) is -0.260. The Hall–Kier alpha value is -3.48. The molecule has 2 aliphatic carbocycles. The number of aryl methyl sites for hydroxylation is 2. The molecule has 1 atom stereocenters. The van der Waals surface area contributed by atoms with Gasteiger partial charge in [-0.3, -0.25) is 19.3 Å². The molecule has 0 spiro atoms. The number of carbonyl (C=O) groups is 2. The summed E-state index contributed by atoms with van der Waals surface area (Å²) in [4.78, 5) is 31.3.